The Hall–Kier alpha value is -2.23. The number of benzene rings is 1. The van der Waals surface area contributed by atoms with Crippen LogP contribution in [0.1, 0.15) is 34.9 Å². The standard InChI is InChI=1S/C16H15FN2O/c17-14-8-4-7-13(18-14)16(20)19-15(12-9-10-12)11-5-2-1-3-6-11/h1-8,12,15H,9-10H2,(H,19,20). The van der Waals surface area contributed by atoms with E-state index in [1.807, 2.05) is 30.3 Å². The van der Waals surface area contributed by atoms with Gasteiger partial charge in [0.05, 0.1) is 6.04 Å². The van der Waals surface area contributed by atoms with Gasteiger partial charge in [-0.15, -0.1) is 0 Å². The van der Waals surface area contributed by atoms with Crippen LogP contribution in [0.25, 0.3) is 0 Å². The van der Waals surface area contributed by atoms with Crippen LogP contribution in [0.15, 0.2) is 48.5 Å². The molecule has 1 aliphatic carbocycles. The normalized spacial score (nSPS) is 15.7. The summed E-state index contributed by atoms with van der Waals surface area (Å²) in [5.74, 6) is -0.500. The molecule has 1 aromatic carbocycles. The zero-order valence-electron chi connectivity index (χ0n) is 10.9. The predicted molar refractivity (Wildman–Crippen MR) is 73.6 cm³/mol. The highest BCUT2D eigenvalue weighted by molar-refractivity contribution is 5.92. The number of carbonyl (C=O) groups is 1. The molecule has 0 aliphatic heterocycles. The molecule has 0 spiro atoms. The van der Waals surface area contributed by atoms with Gasteiger partial charge in [0, 0.05) is 0 Å². The molecular weight excluding hydrogens is 255 g/mol. The first-order valence-electron chi connectivity index (χ1n) is 6.72. The second kappa shape index (κ2) is 5.41. The number of amides is 1. The van der Waals surface area contributed by atoms with Crippen molar-refractivity contribution in [1.29, 1.82) is 0 Å². The average Bonchev–Trinajstić information content (AvgIpc) is 3.30. The quantitative estimate of drug-likeness (QED) is 0.867. The van der Waals surface area contributed by atoms with Crippen molar-refractivity contribution in [3.05, 3.63) is 65.7 Å². The summed E-state index contributed by atoms with van der Waals surface area (Å²) in [5, 5.41) is 2.97. The Morgan fingerprint density at radius 2 is 1.90 bits per heavy atom. The van der Waals surface area contributed by atoms with Crippen LogP contribution in [0.3, 0.4) is 0 Å². The van der Waals surface area contributed by atoms with Gasteiger partial charge in [-0.25, -0.2) is 4.98 Å². The number of carbonyl (C=O) groups excluding carboxylic acids is 1. The highest BCUT2D eigenvalue weighted by Crippen LogP contribution is 2.41. The third-order valence-corrected chi connectivity index (χ3v) is 3.49. The Labute approximate surface area is 116 Å². The van der Waals surface area contributed by atoms with Crippen molar-refractivity contribution in [2.45, 2.75) is 18.9 Å². The number of hydrogen-bond donors (Lipinski definition) is 1. The van der Waals surface area contributed by atoms with Gasteiger partial charge in [-0.05, 0) is 36.5 Å². The maximum atomic E-state index is 13.1. The van der Waals surface area contributed by atoms with Gasteiger partial charge in [-0.1, -0.05) is 36.4 Å². The van der Waals surface area contributed by atoms with Crippen LogP contribution in [-0.4, -0.2) is 10.9 Å². The number of rotatable bonds is 4. The van der Waals surface area contributed by atoms with Crippen molar-refractivity contribution in [2.24, 2.45) is 5.92 Å². The average molecular weight is 270 g/mol. The third-order valence-electron chi connectivity index (χ3n) is 3.49. The van der Waals surface area contributed by atoms with Gasteiger partial charge < -0.3 is 5.32 Å². The fourth-order valence-corrected chi connectivity index (χ4v) is 2.31. The summed E-state index contributed by atoms with van der Waals surface area (Å²) < 4.78 is 13.1. The van der Waals surface area contributed by atoms with Crippen LogP contribution < -0.4 is 5.32 Å². The van der Waals surface area contributed by atoms with E-state index in [9.17, 15) is 9.18 Å². The van der Waals surface area contributed by atoms with Crippen molar-refractivity contribution in [3.63, 3.8) is 0 Å². The van der Waals surface area contributed by atoms with Crippen molar-refractivity contribution in [3.8, 4) is 0 Å². The minimum Gasteiger partial charge on any atom is -0.344 e. The van der Waals surface area contributed by atoms with E-state index in [1.165, 1.54) is 18.2 Å². The molecule has 1 aliphatic rings. The monoisotopic (exact) mass is 270 g/mol. The topological polar surface area (TPSA) is 42.0 Å². The molecule has 1 atom stereocenters. The smallest absolute Gasteiger partial charge is 0.270 e. The summed E-state index contributed by atoms with van der Waals surface area (Å²) in [7, 11) is 0. The van der Waals surface area contributed by atoms with Gasteiger partial charge in [-0.2, -0.15) is 4.39 Å². The van der Waals surface area contributed by atoms with Gasteiger partial charge in [0.25, 0.3) is 5.91 Å². The molecule has 2 aromatic rings. The van der Waals surface area contributed by atoms with Crippen molar-refractivity contribution >= 4 is 5.91 Å². The molecule has 1 fully saturated rings. The van der Waals surface area contributed by atoms with E-state index in [0.717, 1.165) is 18.4 Å². The lowest BCUT2D eigenvalue weighted by Gasteiger charge is -2.18. The van der Waals surface area contributed by atoms with Gasteiger partial charge >= 0.3 is 0 Å². The second-order valence-corrected chi connectivity index (χ2v) is 5.04. The number of aromatic nitrogens is 1. The van der Waals surface area contributed by atoms with Crippen LogP contribution in [-0.2, 0) is 0 Å². The summed E-state index contributed by atoms with van der Waals surface area (Å²) in [5.41, 5.74) is 1.20. The fourth-order valence-electron chi connectivity index (χ4n) is 2.31. The number of hydrogen-bond acceptors (Lipinski definition) is 2. The molecule has 4 heteroatoms. The number of nitrogens with one attached hydrogen (secondary N) is 1. The molecule has 0 radical (unpaired) electrons. The van der Waals surface area contributed by atoms with Crippen molar-refractivity contribution < 1.29 is 9.18 Å². The minimum absolute atomic E-state index is 0.0197. The maximum absolute atomic E-state index is 13.1. The van der Waals surface area contributed by atoms with Crippen molar-refractivity contribution in [1.82, 2.24) is 10.3 Å². The molecule has 102 valence electrons. The Morgan fingerprint density at radius 3 is 2.55 bits per heavy atom. The van der Waals surface area contributed by atoms with Crippen LogP contribution in [0.2, 0.25) is 0 Å². The molecule has 1 amide bonds. The molecule has 1 unspecified atom stereocenters. The minimum atomic E-state index is -0.639. The van der Waals surface area contributed by atoms with Crippen LogP contribution in [0, 0.1) is 11.9 Å². The Balaban J connectivity index is 1.79. The summed E-state index contributed by atoms with van der Waals surface area (Å²) in [4.78, 5) is 15.8. The zero-order chi connectivity index (χ0) is 13.9. The Morgan fingerprint density at radius 1 is 1.15 bits per heavy atom. The summed E-state index contributed by atoms with van der Waals surface area (Å²) in [6.07, 6.45) is 2.22. The van der Waals surface area contributed by atoms with E-state index in [0.29, 0.717) is 5.92 Å². The van der Waals surface area contributed by atoms with Crippen molar-refractivity contribution in [2.75, 3.05) is 0 Å². The summed E-state index contributed by atoms with van der Waals surface area (Å²) >= 11 is 0. The van der Waals surface area contributed by atoms with Gasteiger partial charge in [0.1, 0.15) is 5.69 Å². The molecule has 0 bridgehead atoms. The molecule has 1 saturated carbocycles. The van der Waals surface area contributed by atoms with E-state index < -0.39 is 5.95 Å². The molecule has 3 nitrogen and oxygen atoms in total. The summed E-state index contributed by atoms with van der Waals surface area (Å²) in [6, 6.07) is 14.1. The molecule has 3 rings (SSSR count). The van der Waals surface area contributed by atoms with E-state index in [-0.39, 0.29) is 17.6 Å². The molecule has 0 saturated heterocycles. The summed E-state index contributed by atoms with van der Waals surface area (Å²) in [6.45, 7) is 0. The lowest BCUT2D eigenvalue weighted by atomic mass is 10.0. The highest BCUT2D eigenvalue weighted by Gasteiger charge is 2.33. The highest BCUT2D eigenvalue weighted by atomic mass is 19.1. The zero-order valence-corrected chi connectivity index (χ0v) is 10.9. The van der Waals surface area contributed by atoms with E-state index in [4.69, 9.17) is 0 Å². The Kier molecular flexibility index (Phi) is 3.46. The van der Waals surface area contributed by atoms with E-state index in [1.54, 1.807) is 0 Å². The molecule has 1 N–H and O–H groups in total. The van der Waals surface area contributed by atoms with Gasteiger partial charge in [0.15, 0.2) is 0 Å². The van der Waals surface area contributed by atoms with Crippen LogP contribution >= 0.6 is 0 Å². The lowest BCUT2D eigenvalue weighted by Crippen LogP contribution is -2.30. The molecule has 20 heavy (non-hydrogen) atoms. The predicted octanol–water partition coefficient (Wildman–Crippen LogP) is 3.10. The number of nitrogens with zero attached hydrogens (tertiary/aromatic N) is 1. The van der Waals surface area contributed by atoms with E-state index in [2.05, 4.69) is 10.3 Å². The lowest BCUT2D eigenvalue weighted by molar-refractivity contribution is 0.0925. The fraction of sp³-hybridized carbons (Fsp3) is 0.250. The number of halogens is 1. The molecule has 1 heterocycles. The molecular formula is C16H15FN2O. The maximum Gasteiger partial charge on any atom is 0.270 e. The SMILES string of the molecule is O=C(NC(c1ccccc1)C1CC1)c1cccc(F)n1. The van der Waals surface area contributed by atoms with E-state index >= 15 is 0 Å². The van der Waals surface area contributed by atoms with Crippen LogP contribution in [0.5, 0.6) is 0 Å². The first kappa shape index (κ1) is 12.8. The Bertz CT molecular complexity index is 611. The first-order chi connectivity index (χ1) is 9.74. The van der Waals surface area contributed by atoms with Gasteiger partial charge in [0.2, 0.25) is 5.95 Å². The largest absolute Gasteiger partial charge is 0.344 e. The second-order valence-electron chi connectivity index (χ2n) is 5.04. The molecule has 1 aromatic heterocycles. The number of pyridine rings is 1. The van der Waals surface area contributed by atoms with Crippen LogP contribution in [0.4, 0.5) is 4.39 Å². The first-order valence-corrected chi connectivity index (χ1v) is 6.72. The van der Waals surface area contributed by atoms with Gasteiger partial charge in [-0.3, -0.25) is 4.79 Å². The third kappa shape index (κ3) is 2.85.